The topological polar surface area (TPSA) is 41.5 Å². The molecular formula is C11H15F2NO2. The molecule has 0 aliphatic carbocycles. The van der Waals surface area contributed by atoms with Crippen LogP contribution in [0.15, 0.2) is 18.2 Å². The van der Waals surface area contributed by atoms with E-state index in [0.717, 1.165) is 18.2 Å². The lowest BCUT2D eigenvalue weighted by molar-refractivity contribution is 0.213. The predicted octanol–water partition coefficient (Wildman–Crippen LogP) is 1.31. The fourth-order valence-corrected chi connectivity index (χ4v) is 1.25. The summed E-state index contributed by atoms with van der Waals surface area (Å²) in [5.41, 5.74) is 0. The minimum atomic E-state index is -0.597. The summed E-state index contributed by atoms with van der Waals surface area (Å²) < 4.78 is 31.1. The summed E-state index contributed by atoms with van der Waals surface area (Å²) in [5.74, 6) is -1.25. The molecule has 5 heteroatoms. The van der Waals surface area contributed by atoms with Crippen LogP contribution in [0.3, 0.4) is 0 Å². The van der Waals surface area contributed by atoms with E-state index in [-0.39, 0.29) is 25.0 Å². The van der Waals surface area contributed by atoms with Crippen molar-refractivity contribution in [2.45, 2.75) is 12.5 Å². The molecule has 0 fully saturated rings. The molecule has 0 radical (unpaired) electrons. The van der Waals surface area contributed by atoms with Crippen molar-refractivity contribution in [3.05, 3.63) is 29.8 Å². The van der Waals surface area contributed by atoms with Crippen LogP contribution in [0.1, 0.15) is 6.42 Å². The van der Waals surface area contributed by atoms with Crippen molar-refractivity contribution in [2.24, 2.45) is 0 Å². The van der Waals surface area contributed by atoms with Gasteiger partial charge in [-0.1, -0.05) is 0 Å². The van der Waals surface area contributed by atoms with Gasteiger partial charge in [0.15, 0.2) is 11.6 Å². The van der Waals surface area contributed by atoms with Crippen molar-refractivity contribution in [1.29, 1.82) is 0 Å². The highest BCUT2D eigenvalue weighted by Crippen LogP contribution is 2.18. The second-order valence-corrected chi connectivity index (χ2v) is 3.38. The van der Waals surface area contributed by atoms with Crippen molar-refractivity contribution >= 4 is 0 Å². The zero-order chi connectivity index (χ0) is 12.0. The van der Waals surface area contributed by atoms with Gasteiger partial charge < -0.3 is 15.2 Å². The highest BCUT2D eigenvalue weighted by Gasteiger charge is 2.09. The first-order chi connectivity index (χ1) is 7.67. The Labute approximate surface area is 93.0 Å². The second kappa shape index (κ2) is 6.40. The molecule has 0 heterocycles. The summed E-state index contributed by atoms with van der Waals surface area (Å²) in [5, 5.41) is 11.6. The van der Waals surface area contributed by atoms with Crippen LogP contribution < -0.4 is 10.1 Å². The van der Waals surface area contributed by atoms with Crippen LogP contribution in [-0.4, -0.2) is 31.4 Å². The highest BCUT2D eigenvalue weighted by atomic mass is 19.1. The number of nitrogens with one attached hydrogen (secondary N) is 1. The molecule has 0 bridgehead atoms. The zero-order valence-corrected chi connectivity index (χ0v) is 9.04. The molecular weight excluding hydrogens is 216 g/mol. The third kappa shape index (κ3) is 3.75. The van der Waals surface area contributed by atoms with Crippen LogP contribution >= 0.6 is 0 Å². The Hall–Kier alpha value is -1.20. The molecule has 1 rings (SSSR count). The van der Waals surface area contributed by atoms with E-state index >= 15 is 0 Å². The minimum Gasteiger partial charge on any atom is -0.489 e. The normalized spacial score (nSPS) is 12.5. The smallest absolute Gasteiger partial charge is 0.165 e. The van der Waals surface area contributed by atoms with E-state index in [4.69, 9.17) is 9.84 Å². The summed E-state index contributed by atoms with van der Waals surface area (Å²) in [6.07, 6.45) is 0.493. The van der Waals surface area contributed by atoms with Crippen molar-refractivity contribution in [3.63, 3.8) is 0 Å². The van der Waals surface area contributed by atoms with E-state index in [2.05, 4.69) is 5.32 Å². The lowest BCUT2D eigenvalue weighted by atomic mass is 10.2. The average Bonchev–Trinajstić information content (AvgIpc) is 2.28. The first kappa shape index (κ1) is 12.9. The lowest BCUT2D eigenvalue weighted by Crippen LogP contribution is -2.32. The van der Waals surface area contributed by atoms with Gasteiger partial charge in [0.2, 0.25) is 0 Å². The molecule has 0 saturated carbocycles. The van der Waals surface area contributed by atoms with E-state index in [9.17, 15) is 8.78 Å². The number of halogens is 2. The molecule has 1 aromatic carbocycles. The summed E-state index contributed by atoms with van der Waals surface area (Å²) >= 11 is 0. The molecule has 1 aromatic rings. The minimum absolute atomic E-state index is 0.0144. The Morgan fingerprint density at radius 3 is 2.81 bits per heavy atom. The van der Waals surface area contributed by atoms with E-state index in [1.807, 2.05) is 0 Å². The second-order valence-electron chi connectivity index (χ2n) is 3.38. The van der Waals surface area contributed by atoms with E-state index in [1.54, 1.807) is 7.05 Å². The van der Waals surface area contributed by atoms with E-state index < -0.39 is 11.6 Å². The van der Waals surface area contributed by atoms with Gasteiger partial charge in [0.25, 0.3) is 0 Å². The SMILES string of the molecule is CNC(CCO)COc1cc(F)ccc1F. The van der Waals surface area contributed by atoms with Gasteiger partial charge in [0.1, 0.15) is 12.4 Å². The maximum Gasteiger partial charge on any atom is 0.165 e. The average molecular weight is 231 g/mol. The number of aliphatic hydroxyl groups excluding tert-OH is 1. The van der Waals surface area contributed by atoms with Gasteiger partial charge in [-0.05, 0) is 25.6 Å². The fourth-order valence-electron chi connectivity index (χ4n) is 1.25. The van der Waals surface area contributed by atoms with Gasteiger partial charge in [-0.25, -0.2) is 8.78 Å². The van der Waals surface area contributed by atoms with E-state index in [1.165, 1.54) is 0 Å². The first-order valence-electron chi connectivity index (χ1n) is 5.03. The Balaban J connectivity index is 2.55. The Bertz CT molecular complexity index is 334. The first-order valence-corrected chi connectivity index (χ1v) is 5.03. The monoisotopic (exact) mass is 231 g/mol. The van der Waals surface area contributed by atoms with Crippen LogP contribution in [-0.2, 0) is 0 Å². The molecule has 0 aromatic heterocycles. The maximum atomic E-state index is 13.1. The summed E-state index contributed by atoms with van der Waals surface area (Å²) in [4.78, 5) is 0. The predicted molar refractivity (Wildman–Crippen MR) is 56.4 cm³/mol. The third-order valence-corrected chi connectivity index (χ3v) is 2.22. The largest absolute Gasteiger partial charge is 0.489 e. The van der Waals surface area contributed by atoms with E-state index in [0.29, 0.717) is 6.42 Å². The van der Waals surface area contributed by atoms with Crippen molar-refractivity contribution < 1.29 is 18.6 Å². The Kier molecular flexibility index (Phi) is 5.14. The highest BCUT2D eigenvalue weighted by molar-refractivity contribution is 5.24. The summed E-state index contributed by atoms with van der Waals surface area (Å²) in [7, 11) is 1.71. The molecule has 1 unspecified atom stereocenters. The van der Waals surface area contributed by atoms with Crippen molar-refractivity contribution in [1.82, 2.24) is 5.32 Å². The quantitative estimate of drug-likeness (QED) is 0.775. The number of likely N-dealkylation sites (N-methyl/N-ethyl adjacent to an activating group) is 1. The summed E-state index contributed by atoms with van der Waals surface area (Å²) in [6.45, 7) is 0.192. The molecule has 90 valence electrons. The van der Waals surface area contributed by atoms with Crippen LogP contribution in [0, 0.1) is 11.6 Å². The van der Waals surface area contributed by atoms with Crippen molar-refractivity contribution in [3.8, 4) is 5.75 Å². The van der Waals surface area contributed by atoms with Crippen molar-refractivity contribution in [2.75, 3.05) is 20.3 Å². The third-order valence-electron chi connectivity index (χ3n) is 2.22. The number of hydrogen-bond acceptors (Lipinski definition) is 3. The Morgan fingerprint density at radius 2 is 2.19 bits per heavy atom. The number of ether oxygens (including phenoxy) is 1. The number of rotatable bonds is 6. The van der Waals surface area contributed by atoms with Crippen LogP contribution in [0.25, 0.3) is 0 Å². The molecule has 0 aliphatic heterocycles. The molecule has 3 nitrogen and oxygen atoms in total. The fraction of sp³-hybridized carbons (Fsp3) is 0.455. The van der Waals surface area contributed by atoms with Gasteiger partial charge in [-0.3, -0.25) is 0 Å². The van der Waals surface area contributed by atoms with Gasteiger partial charge in [-0.15, -0.1) is 0 Å². The molecule has 0 amide bonds. The molecule has 0 aliphatic rings. The molecule has 0 saturated heterocycles. The molecule has 0 spiro atoms. The van der Waals surface area contributed by atoms with Gasteiger partial charge in [0.05, 0.1) is 0 Å². The van der Waals surface area contributed by atoms with Gasteiger partial charge in [-0.2, -0.15) is 0 Å². The molecule has 16 heavy (non-hydrogen) atoms. The Morgan fingerprint density at radius 1 is 1.44 bits per heavy atom. The standard InChI is InChI=1S/C11H15F2NO2/c1-14-9(4-5-15)7-16-11-6-8(12)2-3-10(11)13/h2-3,6,9,14-15H,4-5,7H2,1H3. The lowest BCUT2D eigenvalue weighted by Gasteiger charge is -2.16. The van der Waals surface area contributed by atoms with Crippen LogP contribution in [0.4, 0.5) is 8.78 Å². The number of benzene rings is 1. The summed E-state index contributed by atoms with van der Waals surface area (Å²) in [6, 6.07) is 2.96. The maximum absolute atomic E-state index is 13.1. The van der Waals surface area contributed by atoms with Crippen LogP contribution in [0.2, 0.25) is 0 Å². The van der Waals surface area contributed by atoms with Crippen LogP contribution in [0.5, 0.6) is 5.75 Å². The van der Waals surface area contributed by atoms with Gasteiger partial charge >= 0.3 is 0 Å². The molecule has 1 atom stereocenters. The number of hydrogen-bond donors (Lipinski definition) is 2. The zero-order valence-electron chi connectivity index (χ0n) is 9.04. The molecule has 2 N–H and O–H groups in total. The number of aliphatic hydroxyl groups is 1. The van der Waals surface area contributed by atoms with Gasteiger partial charge in [0, 0.05) is 18.7 Å².